The van der Waals surface area contributed by atoms with Gasteiger partial charge in [-0.25, -0.2) is 14.2 Å². The molecule has 1 aliphatic rings. The van der Waals surface area contributed by atoms with Crippen LogP contribution < -0.4 is 16.0 Å². The van der Waals surface area contributed by atoms with Crippen molar-refractivity contribution >= 4 is 34.9 Å². The number of imidazole rings is 1. The lowest BCUT2D eigenvalue weighted by Crippen LogP contribution is -2.19. The number of fused-ring (bicyclic) bond motifs is 1. The van der Waals surface area contributed by atoms with Crippen molar-refractivity contribution in [3.05, 3.63) is 88.5 Å². The van der Waals surface area contributed by atoms with Gasteiger partial charge in [-0.05, 0) is 60.5 Å². The molecule has 34 heavy (non-hydrogen) atoms. The Morgan fingerprint density at radius 3 is 2.47 bits per heavy atom. The minimum Gasteiger partial charge on any atom is -0.348 e. The van der Waals surface area contributed by atoms with Crippen molar-refractivity contribution in [2.75, 3.05) is 10.6 Å². The highest BCUT2D eigenvalue weighted by atomic mass is 35.5. The van der Waals surface area contributed by atoms with Gasteiger partial charge < -0.3 is 20.9 Å². The molecule has 5 rings (SSSR count). The number of nitrogens with one attached hydrogen (secondary N) is 4. The first kappa shape index (κ1) is 21.7. The Morgan fingerprint density at radius 2 is 1.76 bits per heavy atom. The molecule has 170 valence electrons. The summed E-state index contributed by atoms with van der Waals surface area (Å²) in [4.78, 5) is 32.3. The van der Waals surface area contributed by atoms with Crippen LogP contribution in [0, 0.1) is 12.7 Å². The highest BCUT2D eigenvalue weighted by Gasteiger charge is 2.28. The zero-order valence-electron chi connectivity index (χ0n) is 18.0. The van der Waals surface area contributed by atoms with Crippen LogP contribution in [0.1, 0.15) is 21.6 Å². The van der Waals surface area contributed by atoms with E-state index in [9.17, 15) is 9.59 Å². The fraction of sp³-hybridized carbons (Fsp3) is 0.0800. The van der Waals surface area contributed by atoms with Gasteiger partial charge in [-0.15, -0.1) is 0 Å². The second-order valence-electron chi connectivity index (χ2n) is 7.90. The lowest BCUT2D eigenvalue weighted by atomic mass is 9.92. The molecule has 0 saturated carbocycles. The van der Waals surface area contributed by atoms with E-state index in [-0.39, 0.29) is 11.6 Å². The number of aromatic nitrogens is 2. The predicted molar refractivity (Wildman–Crippen MR) is 129 cm³/mol. The molecule has 3 amide bonds. The van der Waals surface area contributed by atoms with Gasteiger partial charge in [-0.2, -0.15) is 0 Å². The first-order valence-corrected chi connectivity index (χ1v) is 10.9. The van der Waals surface area contributed by atoms with Crippen molar-refractivity contribution in [1.82, 2.24) is 15.3 Å². The molecule has 4 aromatic rings. The normalized spacial score (nSPS) is 12.3. The third kappa shape index (κ3) is 4.11. The lowest BCUT2D eigenvalue weighted by molar-refractivity contribution is 0.0966. The van der Waals surface area contributed by atoms with Crippen molar-refractivity contribution in [2.45, 2.75) is 13.5 Å². The van der Waals surface area contributed by atoms with Crippen LogP contribution in [0.2, 0.25) is 5.02 Å². The van der Waals surface area contributed by atoms with Crippen LogP contribution in [0.5, 0.6) is 0 Å². The monoisotopic (exact) mass is 475 g/mol. The van der Waals surface area contributed by atoms with Gasteiger partial charge in [0.15, 0.2) is 0 Å². The van der Waals surface area contributed by atoms with Crippen LogP contribution in [-0.2, 0) is 6.54 Å². The van der Waals surface area contributed by atoms with Crippen molar-refractivity contribution in [3.8, 4) is 22.5 Å². The molecule has 0 unspecified atom stereocenters. The van der Waals surface area contributed by atoms with Gasteiger partial charge >= 0.3 is 6.03 Å². The molecular weight excluding hydrogens is 457 g/mol. The number of hydrogen-bond donors (Lipinski definition) is 4. The average Bonchev–Trinajstić information content (AvgIpc) is 3.40. The van der Waals surface area contributed by atoms with E-state index in [2.05, 4.69) is 25.9 Å². The van der Waals surface area contributed by atoms with E-state index in [0.717, 1.165) is 5.69 Å². The van der Waals surface area contributed by atoms with Crippen molar-refractivity contribution in [1.29, 1.82) is 0 Å². The largest absolute Gasteiger partial charge is 0.348 e. The number of rotatable bonds is 4. The highest BCUT2D eigenvalue weighted by Crippen LogP contribution is 2.36. The molecule has 4 N–H and O–H groups in total. The highest BCUT2D eigenvalue weighted by molar-refractivity contribution is 6.30. The van der Waals surface area contributed by atoms with Crippen LogP contribution in [0.3, 0.4) is 0 Å². The van der Waals surface area contributed by atoms with Crippen molar-refractivity contribution < 1.29 is 14.0 Å². The Hall–Kier alpha value is -4.17. The topological polar surface area (TPSA) is 98.9 Å². The fourth-order valence-electron chi connectivity index (χ4n) is 4.02. The first-order valence-electron chi connectivity index (χ1n) is 10.5. The number of nitrogens with zero attached hydrogens (tertiary/aromatic N) is 1. The molecule has 1 aliphatic heterocycles. The average molecular weight is 476 g/mol. The number of benzene rings is 3. The zero-order chi connectivity index (χ0) is 23.8. The van der Waals surface area contributed by atoms with E-state index < -0.39 is 11.8 Å². The smallest absolute Gasteiger partial charge is 0.323 e. The number of anilines is 2. The SMILES string of the molecule is Cc1cnc(-c2ccc(-c3ccc(NC(=O)Nc4cccc(Cl)c4)cc3F)c3c2C(=O)NC3)[nH]1. The van der Waals surface area contributed by atoms with E-state index in [0.29, 0.717) is 50.9 Å². The summed E-state index contributed by atoms with van der Waals surface area (Å²) in [5.41, 5.74) is 4.46. The summed E-state index contributed by atoms with van der Waals surface area (Å²) in [6.07, 6.45) is 1.69. The van der Waals surface area contributed by atoms with E-state index >= 15 is 4.39 Å². The van der Waals surface area contributed by atoms with Gasteiger partial charge in [0.25, 0.3) is 5.91 Å². The molecule has 0 atom stereocenters. The number of carbonyl (C=O) groups excluding carboxylic acids is 2. The van der Waals surface area contributed by atoms with Gasteiger partial charge in [-0.1, -0.05) is 23.7 Å². The minimum atomic E-state index is -0.525. The number of carbonyl (C=O) groups is 2. The molecule has 0 aliphatic carbocycles. The maximum atomic E-state index is 15.1. The van der Waals surface area contributed by atoms with Gasteiger partial charge in [-0.3, -0.25) is 4.79 Å². The molecule has 0 radical (unpaired) electrons. The van der Waals surface area contributed by atoms with Gasteiger partial charge in [0.1, 0.15) is 11.6 Å². The molecule has 9 heteroatoms. The molecule has 3 aromatic carbocycles. The van der Waals surface area contributed by atoms with Crippen molar-refractivity contribution in [2.24, 2.45) is 0 Å². The van der Waals surface area contributed by atoms with Gasteiger partial charge in [0.05, 0.1) is 5.56 Å². The quantitative estimate of drug-likeness (QED) is 0.303. The second-order valence-corrected chi connectivity index (χ2v) is 8.33. The van der Waals surface area contributed by atoms with Crippen LogP contribution >= 0.6 is 11.6 Å². The van der Waals surface area contributed by atoms with Crippen LogP contribution in [-0.4, -0.2) is 21.9 Å². The number of amides is 3. The van der Waals surface area contributed by atoms with E-state index in [1.165, 1.54) is 6.07 Å². The Bertz CT molecular complexity index is 1450. The molecule has 0 spiro atoms. The molecular formula is C25H19ClFN5O2. The lowest BCUT2D eigenvalue weighted by Gasteiger charge is -2.13. The number of aryl methyl sites for hydroxylation is 1. The number of halogens is 2. The summed E-state index contributed by atoms with van der Waals surface area (Å²) in [7, 11) is 0. The molecule has 7 nitrogen and oxygen atoms in total. The van der Waals surface area contributed by atoms with Gasteiger partial charge in [0.2, 0.25) is 0 Å². The van der Waals surface area contributed by atoms with E-state index in [1.54, 1.807) is 54.7 Å². The second kappa shape index (κ2) is 8.64. The van der Waals surface area contributed by atoms with Crippen LogP contribution in [0.15, 0.2) is 60.8 Å². The summed E-state index contributed by atoms with van der Waals surface area (Å²) in [5, 5.41) is 8.56. The zero-order valence-corrected chi connectivity index (χ0v) is 18.8. The summed E-state index contributed by atoms with van der Waals surface area (Å²) in [6.45, 7) is 2.17. The maximum absolute atomic E-state index is 15.1. The summed E-state index contributed by atoms with van der Waals surface area (Å²) in [5.74, 6) is -0.163. The molecule has 0 bridgehead atoms. The fourth-order valence-corrected chi connectivity index (χ4v) is 4.21. The van der Waals surface area contributed by atoms with Crippen LogP contribution in [0.4, 0.5) is 20.6 Å². The Kier molecular flexibility index (Phi) is 5.51. The molecule has 2 heterocycles. The number of H-pyrrole nitrogens is 1. The first-order chi connectivity index (χ1) is 16.4. The Balaban J connectivity index is 1.43. The standard InChI is InChI=1S/C25H19ClFN5O2/c1-13-11-28-23(30-13)19-8-7-17(20-12-29-24(33)22(19)20)18-6-5-16(10-21(18)27)32-25(34)31-15-4-2-3-14(26)9-15/h2-11H,12H2,1H3,(H,28,30)(H,29,33)(H2,31,32,34). The Morgan fingerprint density at radius 1 is 1.03 bits per heavy atom. The number of hydrogen-bond acceptors (Lipinski definition) is 3. The third-order valence-corrected chi connectivity index (χ3v) is 5.76. The molecule has 0 saturated heterocycles. The predicted octanol–water partition coefficient (Wildman–Crippen LogP) is 5.73. The number of urea groups is 1. The molecule has 1 aromatic heterocycles. The van der Waals surface area contributed by atoms with Crippen molar-refractivity contribution in [3.63, 3.8) is 0 Å². The number of aromatic amines is 1. The summed E-state index contributed by atoms with van der Waals surface area (Å²) < 4.78 is 15.1. The Labute approximate surface area is 199 Å². The van der Waals surface area contributed by atoms with E-state index in [4.69, 9.17) is 11.6 Å². The summed E-state index contributed by atoms with van der Waals surface area (Å²) in [6, 6.07) is 14.2. The van der Waals surface area contributed by atoms with Crippen LogP contribution in [0.25, 0.3) is 22.5 Å². The molecule has 0 fully saturated rings. The minimum absolute atomic E-state index is 0.225. The summed E-state index contributed by atoms with van der Waals surface area (Å²) >= 11 is 5.93. The third-order valence-electron chi connectivity index (χ3n) is 5.52. The van der Waals surface area contributed by atoms with E-state index in [1.807, 2.05) is 6.92 Å². The van der Waals surface area contributed by atoms with Gasteiger partial charge in [0, 0.05) is 46.0 Å². The maximum Gasteiger partial charge on any atom is 0.323 e.